The van der Waals surface area contributed by atoms with Crippen LogP contribution >= 0.6 is 34.2 Å². The van der Waals surface area contributed by atoms with E-state index in [1.54, 1.807) is 6.20 Å². The Morgan fingerprint density at radius 2 is 2.06 bits per heavy atom. The van der Waals surface area contributed by atoms with Crippen molar-refractivity contribution in [1.29, 1.82) is 0 Å². The first-order valence-electron chi connectivity index (χ1n) is 5.47. The van der Waals surface area contributed by atoms with Gasteiger partial charge in [-0.3, -0.25) is 4.98 Å². The molecule has 88 valence electrons. The van der Waals surface area contributed by atoms with Gasteiger partial charge in [0.05, 0.1) is 5.38 Å². The van der Waals surface area contributed by atoms with Crippen molar-refractivity contribution in [1.82, 2.24) is 4.98 Å². The summed E-state index contributed by atoms with van der Waals surface area (Å²) < 4.78 is 1.25. The molecule has 1 aromatic heterocycles. The number of rotatable bonds is 3. The van der Waals surface area contributed by atoms with Crippen molar-refractivity contribution in [3.8, 4) is 0 Å². The van der Waals surface area contributed by atoms with E-state index in [0.29, 0.717) is 0 Å². The number of benzene rings is 1. The lowest BCUT2D eigenvalue weighted by Crippen LogP contribution is -2.01. The van der Waals surface area contributed by atoms with Crippen molar-refractivity contribution in [3.05, 3.63) is 63.0 Å². The maximum atomic E-state index is 6.47. The molecule has 17 heavy (non-hydrogen) atoms. The van der Waals surface area contributed by atoms with Crippen LogP contribution in [0.25, 0.3) is 0 Å². The second-order valence-electron chi connectivity index (χ2n) is 3.97. The number of hydrogen-bond donors (Lipinski definition) is 0. The van der Waals surface area contributed by atoms with Crippen LogP contribution in [0.1, 0.15) is 22.2 Å². The predicted octanol–water partition coefficient (Wildman–Crippen LogP) is 4.52. The number of hydrogen-bond acceptors (Lipinski definition) is 1. The predicted molar refractivity (Wildman–Crippen MR) is 80.4 cm³/mol. The minimum atomic E-state index is -0.0169. The van der Waals surface area contributed by atoms with Gasteiger partial charge in [0.15, 0.2) is 0 Å². The summed E-state index contributed by atoms with van der Waals surface area (Å²) >= 11 is 8.83. The molecule has 0 aliphatic rings. The Bertz CT molecular complexity index is 499. The lowest BCUT2D eigenvalue weighted by atomic mass is 10.1. The molecule has 0 aliphatic carbocycles. The maximum absolute atomic E-state index is 6.47. The molecular formula is C14H13ClIN. The molecule has 0 radical (unpaired) electrons. The van der Waals surface area contributed by atoms with Gasteiger partial charge in [-0.2, -0.15) is 0 Å². The molecule has 0 N–H and O–H groups in total. The third kappa shape index (κ3) is 3.19. The van der Waals surface area contributed by atoms with Gasteiger partial charge >= 0.3 is 0 Å². The van der Waals surface area contributed by atoms with Crippen molar-refractivity contribution < 1.29 is 0 Å². The van der Waals surface area contributed by atoms with Crippen LogP contribution in [0, 0.1) is 10.5 Å². The number of nitrogens with zero attached hydrogens (tertiary/aromatic N) is 1. The van der Waals surface area contributed by atoms with Crippen molar-refractivity contribution in [2.75, 3.05) is 0 Å². The zero-order chi connectivity index (χ0) is 12.3. The van der Waals surface area contributed by atoms with Crippen molar-refractivity contribution in [3.63, 3.8) is 0 Å². The highest BCUT2D eigenvalue weighted by Gasteiger charge is 2.13. The standard InChI is InChI=1S/C14H13ClIN/c1-10-5-4-7-12(14(10)16)13(15)9-11-6-2-3-8-17-11/h2-8,13H,9H2,1H3. The normalized spacial score (nSPS) is 12.4. The van der Waals surface area contributed by atoms with Crippen LogP contribution in [0.2, 0.25) is 0 Å². The highest BCUT2D eigenvalue weighted by molar-refractivity contribution is 14.1. The van der Waals surface area contributed by atoms with Crippen molar-refractivity contribution >= 4 is 34.2 Å². The fraction of sp³-hybridized carbons (Fsp3) is 0.214. The van der Waals surface area contributed by atoms with Crippen molar-refractivity contribution in [2.24, 2.45) is 0 Å². The minimum absolute atomic E-state index is 0.0169. The van der Waals surface area contributed by atoms with Crippen LogP contribution in [-0.4, -0.2) is 4.98 Å². The summed E-state index contributed by atoms with van der Waals surface area (Å²) in [6, 6.07) is 12.2. The van der Waals surface area contributed by atoms with Crippen LogP contribution in [0.3, 0.4) is 0 Å². The van der Waals surface area contributed by atoms with Crippen LogP contribution in [0.15, 0.2) is 42.6 Å². The fourth-order valence-electron chi connectivity index (χ4n) is 1.72. The molecule has 0 spiro atoms. The molecule has 0 fully saturated rings. The molecule has 1 nitrogen and oxygen atoms in total. The van der Waals surface area contributed by atoms with Crippen molar-refractivity contribution in [2.45, 2.75) is 18.7 Å². The Labute approximate surface area is 120 Å². The third-order valence-electron chi connectivity index (χ3n) is 2.67. The van der Waals surface area contributed by atoms with E-state index in [9.17, 15) is 0 Å². The second-order valence-corrected chi connectivity index (χ2v) is 5.58. The molecular weight excluding hydrogens is 345 g/mol. The first kappa shape index (κ1) is 12.8. The largest absolute Gasteiger partial charge is 0.261 e. The number of alkyl halides is 1. The van der Waals surface area contributed by atoms with Crippen LogP contribution in [-0.2, 0) is 6.42 Å². The average Bonchev–Trinajstić information content (AvgIpc) is 2.34. The van der Waals surface area contributed by atoms with E-state index in [1.807, 2.05) is 18.2 Å². The van der Waals surface area contributed by atoms with Gasteiger partial charge < -0.3 is 0 Å². The molecule has 0 aliphatic heterocycles. The lowest BCUT2D eigenvalue weighted by Gasteiger charge is -2.13. The fourth-order valence-corrected chi connectivity index (χ4v) is 2.98. The van der Waals surface area contributed by atoms with Gasteiger partial charge in [0, 0.05) is 21.9 Å². The van der Waals surface area contributed by atoms with E-state index in [0.717, 1.165) is 12.1 Å². The van der Waals surface area contributed by atoms with Crippen LogP contribution < -0.4 is 0 Å². The van der Waals surface area contributed by atoms with Gasteiger partial charge in [0.25, 0.3) is 0 Å². The summed E-state index contributed by atoms with van der Waals surface area (Å²) in [5.41, 5.74) is 3.50. The highest BCUT2D eigenvalue weighted by atomic mass is 127. The van der Waals surface area contributed by atoms with E-state index in [-0.39, 0.29) is 5.38 Å². The Morgan fingerprint density at radius 1 is 1.24 bits per heavy atom. The molecule has 1 heterocycles. The molecule has 1 atom stereocenters. The average molecular weight is 358 g/mol. The van der Waals surface area contributed by atoms with Gasteiger partial charge in [-0.05, 0) is 52.8 Å². The van der Waals surface area contributed by atoms with Gasteiger partial charge in [-0.25, -0.2) is 0 Å². The minimum Gasteiger partial charge on any atom is -0.261 e. The van der Waals surface area contributed by atoms with Gasteiger partial charge in [0.2, 0.25) is 0 Å². The quantitative estimate of drug-likeness (QED) is 0.581. The maximum Gasteiger partial charge on any atom is 0.0651 e. The molecule has 1 unspecified atom stereocenters. The SMILES string of the molecule is Cc1cccc(C(Cl)Cc2ccccn2)c1I. The molecule has 3 heteroatoms. The summed E-state index contributed by atoms with van der Waals surface area (Å²) in [6.45, 7) is 2.11. The zero-order valence-electron chi connectivity index (χ0n) is 9.53. The lowest BCUT2D eigenvalue weighted by molar-refractivity contribution is 0.874. The van der Waals surface area contributed by atoms with Crippen LogP contribution in [0.4, 0.5) is 0 Å². The first-order valence-corrected chi connectivity index (χ1v) is 6.99. The monoisotopic (exact) mass is 357 g/mol. The number of aromatic nitrogens is 1. The van der Waals surface area contributed by atoms with Gasteiger partial charge in [-0.1, -0.05) is 24.3 Å². The number of pyridine rings is 1. The van der Waals surface area contributed by atoms with E-state index in [2.05, 4.69) is 52.7 Å². The Hall–Kier alpha value is -0.610. The summed E-state index contributed by atoms with van der Waals surface area (Å²) in [7, 11) is 0. The molecule has 0 amide bonds. The first-order chi connectivity index (χ1) is 8.18. The van der Waals surface area contributed by atoms with Gasteiger partial charge in [0.1, 0.15) is 0 Å². The molecule has 2 aromatic rings. The summed E-state index contributed by atoms with van der Waals surface area (Å²) in [6.07, 6.45) is 2.57. The van der Waals surface area contributed by atoms with E-state index in [4.69, 9.17) is 11.6 Å². The van der Waals surface area contributed by atoms with E-state index in [1.165, 1.54) is 14.7 Å². The summed E-state index contributed by atoms with van der Waals surface area (Å²) in [5, 5.41) is -0.0169. The molecule has 2 rings (SSSR count). The van der Waals surface area contributed by atoms with E-state index < -0.39 is 0 Å². The molecule has 0 saturated heterocycles. The number of aryl methyl sites for hydroxylation is 1. The molecule has 1 aromatic carbocycles. The topological polar surface area (TPSA) is 12.9 Å². The smallest absolute Gasteiger partial charge is 0.0651 e. The Morgan fingerprint density at radius 3 is 2.76 bits per heavy atom. The third-order valence-corrected chi connectivity index (χ3v) is 4.54. The van der Waals surface area contributed by atoms with Gasteiger partial charge in [-0.15, -0.1) is 11.6 Å². The van der Waals surface area contributed by atoms with Crippen LogP contribution in [0.5, 0.6) is 0 Å². The second kappa shape index (κ2) is 5.83. The summed E-state index contributed by atoms with van der Waals surface area (Å²) in [4.78, 5) is 4.31. The molecule has 0 saturated carbocycles. The molecule has 0 bridgehead atoms. The summed E-state index contributed by atoms with van der Waals surface area (Å²) in [5.74, 6) is 0. The Kier molecular flexibility index (Phi) is 4.40. The highest BCUT2D eigenvalue weighted by Crippen LogP contribution is 2.29. The van der Waals surface area contributed by atoms with E-state index >= 15 is 0 Å². The Balaban J connectivity index is 2.20. The number of halogens is 2. The zero-order valence-corrected chi connectivity index (χ0v) is 12.4.